The first-order chi connectivity index (χ1) is 8.87. The van der Waals surface area contributed by atoms with Crippen LogP contribution in [-0.4, -0.2) is 41.7 Å². The van der Waals surface area contributed by atoms with Crippen LogP contribution in [0.2, 0.25) is 0 Å². The topological polar surface area (TPSA) is 66.6 Å². The summed E-state index contributed by atoms with van der Waals surface area (Å²) in [4.78, 5) is 14.7. The van der Waals surface area contributed by atoms with Crippen molar-refractivity contribution in [3.05, 3.63) is 0 Å². The van der Waals surface area contributed by atoms with Gasteiger partial charge in [-0.15, -0.1) is 0 Å². The SMILES string of the molecule is CC1C(N)CCC(C(=O)N2CCC(CO)C2)C1(C)C. The molecule has 1 heterocycles. The molecule has 4 nitrogen and oxygen atoms in total. The highest BCUT2D eigenvalue weighted by molar-refractivity contribution is 5.80. The molecule has 0 aromatic carbocycles. The predicted octanol–water partition coefficient (Wildman–Crippen LogP) is 1.23. The second kappa shape index (κ2) is 5.41. The summed E-state index contributed by atoms with van der Waals surface area (Å²) in [5, 5.41) is 9.20. The Hall–Kier alpha value is -0.610. The molecular weight excluding hydrogens is 240 g/mol. The van der Waals surface area contributed by atoms with E-state index >= 15 is 0 Å². The maximum absolute atomic E-state index is 12.7. The summed E-state index contributed by atoms with van der Waals surface area (Å²) < 4.78 is 0. The summed E-state index contributed by atoms with van der Waals surface area (Å²) in [6.45, 7) is 8.25. The van der Waals surface area contributed by atoms with E-state index in [1.54, 1.807) is 0 Å². The monoisotopic (exact) mass is 268 g/mol. The van der Waals surface area contributed by atoms with Crippen molar-refractivity contribution in [2.75, 3.05) is 19.7 Å². The maximum Gasteiger partial charge on any atom is 0.226 e. The van der Waals surface area contributed by atoms with Crippen LogP contribution in [0.25, 0.3) is 0 Å². The Morgan fingerprint density at radius 3 is 2.63 bits per heavy atom. The number of likely N-dealkylation sites (tertiary alicyclic amines) is 1. The lowest BCUT2D eigenvalue weighted by atomic mass is 9.60. The molecule has 0 bridgehead atoms. The van der Waals surface area contributed by atoms with Crippen molar-refractivity contribution in [1.29, 1.82) is 0 Å². The molecule has 3 N–H and O–H groups in total. The Kier molecular flexibility index (Phi) is 4.21. The van der Waals surface area contributed by atoms with Crippen LogP contribution in [-0.2, 0) is 4.79 Å². The van der Waals surface area contributed by atoms with Gasteiger partial charge in [0, 0.05) is 37.6 Å². The molecule has 110 valence electrons. The molecule has 1 aliphatic heterocycles. The third-order valence-corrected chi connectivity index (χ3v) is 5.66. The normalized spacial score (nSPS) is 38.5. The lowest BCUT2D eigenvalue weighted by Crippen LogP contribution is -2.52. The number of carbonyl (C=O) groups excluding carboxylic acids is 1. The second-order valence-electron chi connectivity index (χ2n) is 7.03. The van der Waals surface area contributed by atoms with Gasteiger partial charge in [0.05, 0.1) is 0 Å². The third-order valence-electron chi connectivity index (χ3n) is 5.66. The first kappa shape index (κ1) is 14.8. The highest BCUT2D eigenvalue weighted by Gasteiger charge is 2.46. The number of aliphatic hydroxyl groups is 1. The fourth-order valence-corrected chi connectivity index (χ4v) is 3.69. The molecule has 1 saturated carbocycles. The van der Waals surface area contributed by atoms with E-state index in [9.17, 15) is 9.90 Å². The molecule has 1 amide bonds. The zero-order chi connectivity index (χ0) is 14.2. The van der Waals surface area contributed by atoms with Crippen LogP contribution in [0.3, 0.4) is 0 Å². The first-order valence-corrected chi connectivity index (χ1v) is 7.53. The largest absolute Gasteiger partial charge is 0.396 e. The van der Waals surface area contributed by atoms with Crippen LogP contribution in [0.5, 0.6) is 0 Å². The molecule has 2 fully saturated rings. The fourth-order valence-electron chi connectivity index (χ4n) is 3.69. The Balaban J connectivity index is 2.07. The number of carbonyl (C=O) groups is 1. The van der Waals surface area contributed by atoms with E-state index in [0.29, 0.717) is 5.92 Å². The maximum atomic E-state index is 12.7. The quantitative estimate of drug-likeness (QED) is 0.791. The average Bonchev–Trinajstić information content (AvgIpc) is 2.84. The van der Waals surface area contributed by atoms with E-state index in [4.69, 9.17) is 5.73 Å². The minimum atomic E-state index is -0.0357. The van der Waals surface area contributed by atoms with E-state index in [1.807, 2.05) is 4.90 Å². The van der Waals surface area contributed by atoms with Gasteiger partial charge in [-0.05, 0) is 30.6 Å². The second-order valence-corrected chi connectivity index (χ2v) is 7.03. The number of hydrogen-bond donors (Lipinski definition) is 2. The summed E-state index contributed by atoms with van der Waals surface area (Å²) >= 11 is 0. The van der Waals surface area contributed by atoms with E-state index in [2.05, 4.69) is 20.8 Å². The molecule has 19 heavy (non-hydrogen) atoms. The minimum absolute atomic E-state index is 0.0357. The van der Waals surface area contributed by atoms with Gasteiger partial charge in [-0.3, -0.25) is 4.79 Å². The molecule has 0 aromatic rings. The zero-order valence-corrected chi connectivity index (χ0v) is 12.4. The van der Waals surface area contributed by atoms with Crippen molar-refractivity contribution >= 4 is 5.91 Å². The number of nitrogens with zero attached hydrogens (tertiary/aromatic N) is 1. The summed E-state index contributed by atoms with van der Waals surface area (Å²) in [6, 6.07) is 0.211. The van der Waals surface area contributed by atoms with Gasteiger partial charge in [0.25, 0.3) is 0 Å². The van der Waals surface area contributed by atoms with E-state index < -0.39 is 0 Å². The standard InChI is InChI=1S/C15H28N2O2/c1-10-13(16)5-4-12(15(10,2)3)14(19)17-7-6-11(8-17)9-18/h10-13,18H,4-9,16H2,1-3H3. The molecule has 2 rings (SSSR count). The Morgan fingerprint density at radius 1 is 1.37 bits per heavy atom. The van der Waals surface area contributed by atoms with Gasteiger partial charge in [0.15, 0.2) is 0 Å². The number of nitrogens with two attached hydrogens (primary N) is 1. The lowest BCUT2D eigenvalue weighted by molar-refractivity contribution is -0.142. The highest BCUT2D eigenvalue weighted by Crippen LogP contribution is 2.45. The van der Waals surface area contributed by atoms with Crippen molar-refractivity contribution in [3.63, 3.8) is 0 Å². The summed E-state index contributed by atoms with van der Waals surface area (Å²) in [7, 11) is 0. The number of aliphatic hydroxyl groups excluding tert-OH is 1. The third kappa shape index (κ3) is 2.65. The predicted molar refractivity (Wildman–Crippen MR) is 75.4 cm³/mol. The molecule has 4 heteroatoms. The summed E-state index contributed by atoms with van der Waals surface area (Å²) in [5.41, 5.74) is 6.12. The smallest absolute Gasteiger partial charge is 0.226 e. The number of amides is 1. The Bertz CT molecular complexity index is 343. The van der Waals surface area contributed by atoms with Crippen LogP contribution < -0.4 is 5.73 Å². The lowest BCUT2D eigenvalue weighted by Gasteiger charge is -2.47. The van der Waals surface area contributed by atoms with Gasteiger partial charge in [-0.25, -0.2) is 0 Å². The highest BCUT2D eigenvalue weighted by atomic mass is 16.3. The molecule has 0 radical (unpaired) electrons. The fraction of sp³-hybridized carbons (Fsp3) is 0.933. The van der Waals surface area contributed by atoms with Crippen molar-refractivity contribution in [1.82, 2.24) is 4.90 Å². The molecule has 0 spiro atoms. The van der Waals surface area contributed by atoms with Crippen molar-refractivity contribution in [2.24, 2.45) is 28.9 Å². The van der Waals surface area contributed by atoms with Crippen LogP contribution in [0, 0.1) is 23.2 Å². The van der Waals surface area contributed by atoms with Crippen LogP contribution in [0.1, 0.15) is 40.0 Å². The molecule has 1 saturated heterocycles. The van der Waals surface area contributed by atoms with Crippen LogP contribution >= 0.6 is 0 Å². The summed E-state index contributed by atoms with van der Waals surface area (Å²) in [5.74, 6) is 1.00. The molecule has 0 aromatic heterocycles. The zero-order valence-electron chi connectivity index (χ0n) is 12.4. The molecular formula is C15H28N2O2. The van der Waals surface area contributed by atoms with Gasteiger partial charge in [0.1, 0.15) is 0 Å². The Morgan fingerprint density at radius 2 is 2.05 bits per heavy atom. The average molecular weight is 268 g/mol. The van der Waals surface area contributed by atoms with Gasteiger partial charge in [0.2, 0.25) is 5.91 Å². The van der Waals surface area contributed by atoms with Gasteiger partial charge >= 0.3 is 0 Å². The minimum Gasteiger partial charge on any atom is -0.396 e. The van der Waals surface area contributed by atoms with Crippen molar-refractivity contribution in [3.8, 4) is 0 Å². The van der Waals surface area contributed by atoms with Crippen molar-refractivity contribution in [2.45, 2.75) is 46.1 Å². The van der Waals surface area contributed by atoms with Crippen molar-refractivity contribution < 1.29 is 9.90 Å². The first-order valence-electron chi connectivity index (χ1n) is 7.53. The van der Waals surface area contributed by atoms with Gasteiger partial charge < -0.3 is 15.7 Å². The van der Waals surface area contributed by atoms with Gasteiger partial charge in [-0.2, -0.15) is 0 Å². The molecule has 4 unspecified atom stereocenters. The van der Waals surface area contributed by atoms with E-state index in [0.717, 1.165) is 32.4 Å². The number of rotatable bonds is 2. The van der Waals surface area contributed by atoms with Gasteiger partial charge in [-0.1, -0.05) is 20.8 Å². The van der Waals surface area contributed by atoms with E-state index in [1.165, 1.54) is 0 Å². The van der Waals surface area contributed by atoms with Crippen LogP contribution in [0.15, 0.2) is 0 Å². The number of hydrogen-bond acceptors (Lipinski definition) is 3. The molecule has 1 aliphatic carbocycles. The molecule has 2 aliphatic rings. The van der Waals surface area contributed by atoms with E-state index in [-0.39, 0.29) is 35.8 Å². The van der Waals surface area contributed by atoms with Crippen LogP contribution in [0.4, 0.5) is 0 Å². The molecule has 4 atom stereocenters. The summed E-state index contributed by atoms with van der Waals surface area (Å²) in [6.07, 6.45) is 2.78. The Labute approximate surface area is 116 Å².